The van der Waals surface area contributed by atoms with E-state index in [4.69, 9.17) is 5.73 Å². The first kappa shape index (κ1) is 13.4. The Kier molecular flexibility index (Phi) is 3.26. The summed E-state index contributed by atoms with van der Waals surface area (Å²) in [5.41, 5.74) is 9.03. The first-order chi connectivity index (χ1) is 10.1. The SMILES string of the molecule is CN1C(N)=NC(c2ccccc2)=C[C@@]1(C)c1ccccc1. The topological polar surface area (TPSA) is 41.6 Å². The van der Waals surface area contributed by atoms with Gasteiger partial charge >= 0.3 is 0 Å². The Morgan fingerprint density at radius 3 is 2.14 bits per heavy atom. The van der Waals surface area contributed by atoms with Crippen LogP contribution in [0, 0.1) is 0 Å². The molecule has 1 heterocycles. The predicted octanol–water partition coefficient (Wildman–Crippen LogP) is 3.20. The quantitative estimate of drug-likeness (QED) is 0.916. The summed E-state index contributed by atoms with van der Waals surface area (Å²) in [6.07, 6.45) is 2.17. The second-order valence-corrected chi connectivity index (χ2v) is 5.44. The molecule has 1 aliphatic rings. The monoisotopic (exact) mass is 277 g/mol. The normalized spacial score (nSPS) is 21.7. The number of likely N-dealkylation sites (N-methyl/N-ethyl adjacent to an activating group) is 1. The van der Waals surface area contributed by atoms with E-state index in [0.29, 0.717) is 5.96 Å². The number of aliphatic imine (C=N–C) groups is 1. The number of guanidine groups is 1. The smallest absolute Gasteiger partial charge is 0.197 e. The van der Waals surface area contributed by atoms with E-state index in [1.807, 2.05) is 48.3 Å². The number of benzene rings is 2. The third-order valence-electron chi connectivity index (χ3n) is 4.12. The molecular weight excluding hydrogens is 258 g/mol. The van der Waals surface area contributed by atoms with Crippen molar-refractivity contribution in [1.29, 1.82) is 0 Å². The van der Waals surface area contributed by atoms with Crippen molar-refractivity contribution in [3.63, 3.8) is 0 Å². The van der Waals surface area contributed by atoms with Crippen LogP contribution in [0.2, 0.25) is 0 Å². The average molecular weight is 277 g/mol. The highest BCUT2D eigenvalue weighted by Crippen LogP contribution is 2.35. The van der Waals surface area contributed by atoms with Gasteiger partial charge < -0.3 is 10.6 Å². The second kappa shape index (κ2) is 5.09. The third kappa shape index (κ3) is 2.31. The van der Waals surface area contributed by atoms with Crippen LogP contribution in [0.3, 0.4) is 0 Å². The molecule has 3 rings (SSSR count). The van der Waals surface area contributed by atoms with Crippen molar-refractivity contribution in [3.05, 3.63) is 77.9 Å². The minimum absolute atomic E-state index is 0.307. The summed E-state index contributed by atoms with van der Waals surface area (Å²) in [5, 5.41) is 0. The summed E-state index contributed by atoms with van der Waals surface area (Å²) in [5.74, 6) is 0.530. The van der Waals surface area contributed by atoms with Gasteiger partial charge in [0.2, 0.25) is 0 Å². The van der Waals surface area contributed by atoms with Gasteiger partial charge in [0.25, 0.3) is 0 Å². The Bertz CT molecular complexity index is 689. The van der Waals surface area contributed by atoms with Crippen molar-refractivity contribution in [2.75, 3.05) is 7.05 Å². The fraction of sp³-hybridized carbons (Fsp3) is 0.167. The highest BCUT2D eigenvalue weighted by atomic mass is 15.3. The summed E-state index contributed by atoms with van der Waals surface area (Å²) in [6, 6.07) is 20.5. The van der Waals surface area contributed by atoms with Crippen LogP contribution in [0.4, 0.5) is 0 Å². The molecule has 2 N–H and O–H groups in total. The lowest BCUT2D eigenvalue weighted by molar-refractivity contribution is 0.293. The molecule has 0 spiro atoms. The Hall–Kier alpha value is -2.55. The maximum Gasteiger partial charge on any atom is 0.197 e. The van der Waals surface area contributed by atoms with E-state index in [0.717, 1.165) is 11.3 Å². The van der Waals surface area contributed by atoms with Gasteiger partial charge in [-0.25, -0.2) is 4.99 Å². The minimum Gasteiger partial charge on any atom is -0.369 e. The van der Waals surface area contributed by atoms with Gasteiger partial charge in [-0.05, 0) is 18.6 Å². The molecule has 0 unspecified atom stereocenters. The van der Waals surface area contributed by atoms with Crippen LogP contribution in [0.5, 0.6) is 0 Å². The number of nitrogens with zero attached hydrogens (tertiary/aromatic N) is 2. The molecule has 0 aromatic heterocycles. The van der Waals surface area contributed by atoms with Gasteiger partial charge in [0.15, 0.2) is 5.96 Å². The molecule has 3 heteroatoms. The lowest BCUT2D eigenvalue weighted by atomic mass is 9.87. The lowest BCUT2D eigenvalue weighted by Gasteiger charge is -2.40. The van der Waals surface area contributed by atoms with Crippen LogP contribution >= 0.6 is 0 Å². The molecule has 3 nitrogen and oxygen atoms in total. The fourth-order valence-electron chi connectivity index (χ4n) is 2.64. The van der Waals surface area contributed by atoms with Gasteiger partial charge in [-0.15, -0.1) is 0 Å². The summed E-state index contributed by atoms with van der Waals surface area (Å²) in [7, 11) is 1.98. The second-order valence-electron chi connectivity index (χ2n) is 5.44. The van der Waals surface area contributed by atoms with Crippen LogP contribution in [-0.4, -0.2) is 17.9 Å². The number of rotatable bonds is 2. The molecular formula is C18H19N3. The van der Waals surface area contributed by atoms with Crippen LogP contribution in [-0.2, 0) is 5.54 Å². The van der Waals surface area contributed by atoms with E-state index >= 15 is 0 Å². The molecule has 0 fully saturated rings. The molecule has 1 atom stereocenters. The van der Waals surface area contributed by atoms with Crippen LogP contribution in [0.25, 0.3) is 5.70 Å². The maximum atomic E-state index is 6.15. The van der Waals surface area contributed by atoms with Gasteiger partial charge in [-0.2, -0.15) is 0 Å². The molecule has 0 bridgehead atoms. The van der Waals surface area contributed by atoms with Crippen LogP contribution in [0.15, 0.2) is 71.7 Å². The van der Waals surface area contributed by atoms with Crippen molar-refractivity contribution in [2.45, 2.75) is 12.5 Å². The third-order valence-corrected chi connectivity index (χ3v) is 4.12. The largest absolute Gasteiger partial charge is 0.369 e. The summed E-state index contributed by atoms with van der Waals surface area (Å²) >= 11 is 0. The molecule has 1 aliphatic heterocycles. The molecule has 21 heavy (non-hydrogen) atoms. The lowest BCUT2D eigenvalue weighted by Crippen LogP contribution is -2.49. The van der Waals surface area contributed by atoms with E-state index in [2.05, 4.69) is 42.3 Å². The Labute approximate surface area is 125 Å². The van der Waals surface area contributed by atoms with Crippen molar-refractivity contribution in [2.24, 2.45) is 10.7 Å². The molecule has 0 amide bonds. The highest BCUT2D eigenvalue weighted by Gasteiger charge is 2.34. The molecule has 2 aromatic rings. The zero-order valence-corrected chi connectivity index (χ0v) is 12.3. The van der Waals surface area contributed by atoms with Crippen molar-refractivity contribution < 1.29 is 0 Å². The van der Waals surface area contributed by atoms with E-state index in [9.17, 15) is 0 Å². The Balaban J connectivity index is 2.13. The van der Waals surface area contributed by atoms with Crippen molar-refractivity contribution in [1.82, 2.24) is 4.90 Å². The first-order valence-corrected chi connectivity index (χ1v) is 7.03. The van der Waals surface area contributed by atoms with Gasteiger partial charge in [0, 0.05) is 12.6 Å². The fourth-order valence-corrected chi connectivity index (χ4v) is 2.64. The molecule has 0 radical (unpaired) electrons. The highest BCUT2D eigenvalue weighted by molar-refractivity contribution is 5.88. The van der Waals surface area contributed by atoms with Gasteiger partial charge in [0.1, 0.15) is 0 Å². The summed E-state index contributed by atoms with van der Waals surface area (Å²) < 4.78 is 0. The van der Waals surface area contributed by atoms with E-state index in [1.54, 1.807) is 0 Å². The maximum absolute atomic E-state index is 6.15. The summed E-state index contributed by atoms with van der Waals surface area (Å²) in [4.78, 5) is 6.54. The van der Waals surface area contributed by atoms with Crippen molar-refractivity contribution in [3.8, 4) is 0 Å². The Morgan fingerprint density at radius 1 is 0.952 bits per heavy atom. The molecule has 106 valence electrons. The van der Waals surface area contributed by atoms with E-state index in [1.165, 1.54) is 5.56 Å². The summed E-state index contributed by atoms with van der Waals surface area (Å²) in [6.45, 7) is 2.16. The van der Waals surface area contributed by atoms with Crippen LogP contribution in [0.1, 0.15) is 18.1 Å². The molecule has 2 aromatic carbocycles. The number of hydrogen-bond donors (Lipinski definition) is 1. The first-order valence-electron chi connectivity index (χ1n) is 7.03. The number of nitrogens with two attached hydrogens (primary N) is 1. The van der Waals surface area contributed by atoms with Crippen molar-refractivity contribution >= 4 is 11.7 Å². The minimum atomic E-state index is -0.307. The standard InChI is InChI=1S/C18H19N3/c1-18(15-11-7-4-8-12-15)13-16(20-17(19)21(18)2)14-9-5-3-6-10-14/h3-13H,1-2H3,(H2,19,20)/t18-/m0/s1. The zero-order chi connectivity index (χ0) is 14.9. The van der Waals surface area contributed by atoms with E-state index < -0.39 is 0 Å². The molecule has 0 saturated carbocycles. The number of hydrogen-bond acceptors (Lipinski definition) is 3. The predicted molar refractivity (Wildman–Crippen MR) is 87.6 cm³/mol. The van der Waals surface area contributed by atoms with E-state index in [-0.39, 0.29) is 5.54 Å². The Morgan fingerprint density at radius 2 is 1.52 bits per heavy atom. The van der Waals surface area contributed by atoms with Gasteiger partial charge in [-0.1, -0.05) is 60.7 Å². The van der Waals surface area contributed by atoms with Gasteiger partial charge in [-0.3, -0.25) is 0 Å². The molecule has 0 aliphatic carbocycles. The zero-order valence-electron chi connectivity index (χ0n) is 12.3. The molecule has 0 saturated heterocycles. The average Bonchev–Trinajstić information content (AvgIpc) is 2.54. The van der Waals surface area contributed by atoms with Gasteiger partial charge in [0.05, 0.1) is 11.2 Å². The van der Waals surface area contributed by atoms with Crippen LogP contribution < -0.4 is 5.73 Å².